The van der Waals surface area contributed by atoms with Crippen molar-refractivity contribution in [3.8, 4) is 0 Å². The first-order chi connectivity index (χ1) is 7.70. The Morgan fingerprint density at radius 3 is 2.44 bits per heavy atom. The molecule has 1 aromatic carbocycles. The van der Waals surface area contributed by atoms with Gasteiger partial charge in [0.15, 0.2) is 0 Å². The van der Waals surface area contributed by atoms with E-state index in [1.165, 1.54) is 5.56 Å². The summed E-state index contributed by atoms with van der Waals surface area (Å²) in [5.74, 6) is 0.631. The maximum absolute atomic E-state index is 5.93. The lowest BCUT2D eigenvalue weighted by molar-refractivity contribution is 0.922. The maximum atomic E-state index is 5.93. The summed E-state index contributed by atoms with van der Waals surface area (Å²) in [6, 6.07) is 12.1. The Hall–Kier alpha value is -2.03. The van der Waals surface area contributed by atoms with Gasteiger partial charge in [0.25, 0.3) is 0 Å². The van der Waals surface area contributed by atoms with E-state index in [0.717, 1.165) is 5.56 Å². The van der Waals surface area contributed by atoms with Gasteiger partial charge in [-0.3, -0.25) is 0 Å². The molecule has 3 heteroatoms. The van der Waals surface area contributed by atoms with E-state index in [4.69, 9.17) is 11.5 Å². The summed E-state index contributed by atoms with van der Waals surface area (Å²) in [5, 5.41) is 0. The Morgan fingerprint density at radius 1 is 1.06 bits per heavy atom. The Labute approximate surface area is 95.1 Å². The molecular formula is C13H15N3. The van der Waals surface area contributed by atoms with E-state index >= 15 is 0 Å². The highest BCUT2D eigenvalue weighted by atomic mass is 14.9. The number of hydrogen-bond donors (Lipinski definition) is 2. The lowest BCUT2D eigenvalue weighted by atomic mass is 9.93. The van der Waals surface area contributed by atoms with Gasteiger partial charge in [0.2, 0.25) is 0 Å². The molecule has 0 fully saturated rings. The average Bonchev–Trinajstić information content (AvgIpc) is 2.33. The fraction of sp³-hybridized carbons (Fsp3) is 0.154. The first kappa shape index (κ1) is 10.5. The summed E-state index contributed by atoms with van der Waals surface area (Å²) in [6.07, 6.45) is 1.69. The molecule has 1 aromatic heterocycles. The van der Waals surface area contributed by atoms with E-state index in [0.29, 0.717) is 11.5 Å². The number of nitrogens with two attached hydrogens (primary N) is 2. The largest absolute Gasteiger partial charge is 0.396 e. The van der Waals surface area contributed by atoms with Crippen LogP contribution in [0.25, 0.3) is 0 Å². The molecule has 1 heterocycles. The Kier molecular flexibility index (Phi) is 2.77. The minimum atomic E-state index is 0.228. The van der Waals surface area contributed by atoms with E-state index in [2.05, 4.69) is 24.0 Å². The number of rotatable bonds is 2. The third-order valence-electron chi connectivity index (χ3n) is 2.82. The van der Waals surface area contributed by atoms with E-state index in [1.54, 1.807) is 6.20 Å². The number of nitrogen functional groups attached to an aromatic ring is 2. The third kappa shape index (κ3) is 1.84. The molecule has 0 aliphatic carbocycles. The molecule has 16 heavy (non-hydrogen) atoms. The zero-order chi connectivity index (χ0) is 11.5. The molecule has 0 amide bonds. The van der Waals surface area contributed by atoms with Crippen LogP contribution in [-0.4, -0.2) is 4.98 Å². The van der Waals surface area contributed by atoms with E-state index in [-0.39, 0.29) is 5.92 Å². The zero-order valence-corrected chi connectivity index (χ0v) is 9.22. The molecule has 1 atom stereocenters. The Balaban J connectivity index is 2.42. The monoisotopic (exact) mass is 213 g/mol. The van der Waals surface area contributed by atoms with E-state index in [1.807, 2.05) is 24.3 Å². The topological polar surface area (TPSA) is 64.9 Å². The molecule has 0 saturated carbocycles. The number of anilines is 2. The number of nitrogens with zero attached hydrogens (tertiary/aromatic N) is 1. The average molecular weight is 213 g/mol. The highest BCUT2D eigenvalue weighted by molar-refractivity contribution is 5.64. The van der Waals surface area contributed by atoms with Crippen molar-refractivity contribution < 1.29 is 0 Å². The molecule has 0 bridgehead atoms. The van der Waals surface area contributed by atoms with E-state index < -0.39 is 0 Å². The second kappa shape index (κ2) is 4.23. The first-order valence-electron chi connectivity index (χ1n) is 5.25. The Bertz CT molecular complexity index is 480. The van der Waals surface area contributed by atoms with Crippen LogP contribution in [0.15, 0.2) is 42.6 Å². The van der Waals surface area contributed by atoms with Crippen molar-refractivity contribution >= 4 is 11.5 Å². The quantitative estimate of drug-likeness (QED) is 0.805. The minimum absolute atomic E-state index is 0.228. The molecule has 82 valence electrons. The van der Waals surface area contributed by atoms with Crippen molar-refractivity contribution in [2.75, 3.05) is 11.5 Å². The van der Waals surface area contributed by atoms with Gasteiger partial charge in [-0.25, -0.2) is 4.98 Å². The lowest BCUT2D eigenvalue weighted by Crippen LogP contribution is -2.05. The van der Waals surface area contributed by atoms with Crippen LogP contribution in [0.2, 0.25) is 0 Å². The van der Waals surface area contributed by atoms with Crippen LogP contribution < -0.4 is 11.5 Å². The van der Waals surface area contributed by atoms with Gasteiger partial charge in [0.05, 0.1) is 5.69 Å². The van der Waals surface area contributed by atoms with Crippen LogP contribution >= 0.6 is 0 Å². The lowest BCUT2D eigenvalue weighted by Gasteiger charge is -2.15. The van der Waals surface area contributed by atoms with Gasteiger partial charge in [-0.2, -0.15) is 0 Å². The number of pyridine rings is 1. The van der Waals surface area contributed by atoms with Gasteiger partial charge >= 0.3 is 0 Å². The standard InChI is InChI=1S/C13H15N3/c1-9(10-5-3-2-4-6-10)11-7-8-16-13(15)12(11)14/h2-9H,14H2,1H3,(H2,15,16)/t9-/m1/s1. The summed E-state index contributed by atoms with van der Waals surface area (Å²) in [5.41, 5.74) is 14.5. The molecule has 0 radical (unpaired) electrons. The molecule has 0 unspecified atom stereocenters. The molecule has 4 N–H and O–H groups in total. The normalized spacial score (nSPS) is 12.3. The summed E-state index contributed by atoms with van der Waals surface area (Å²) in [6.45, 7) is 2.11. The second-order valence-corrected chi connectivity index (χ2v) is 3.83. The summed E-state index contributed by atoms with van der Waals surface area (Å²) >= 11 is 0. The van der Waals surface area contributed by atoms with Crippen molar-refractivity contribution in [2.24, 2.45) is 0 Å². The predicted octanol–water partition coefficient (Wildman–Crippen LogP) is 2.40. The van der Waals surface area contributed by atoms with Crippen LogP contribution in [0, 0.1) is 0 Å². The fourth-order valence-electron chi connectivity index (χ4n) is 1.80. The van der Waals surface area contributed by atoms with Gasteiger partial charge in [-0.1, -0.05) is 37.3 Å². The van der Waals surface area contributed by atoms with Crippen molar-refractivity contribution in [3.05, 3.63) is 53.7 Å². The van der Waals surface area contributed by atoms with Gasteiger partial charge in [0, 0.05) is 12.1 Å². The molecule has 0 saturated heterocycles. The predicted molar refractivity (Wildman–Crippen MR) is 67.0 cm³/mol. The first-order valence-corrected chi connectivity index (χ1v) is 5.25. The molecule has 2 aromatic rings. The number of benzene rings is 1. The summed E-state index contributed by atoms with van der Waals surface area (Å²) in [4.78, 5) is 3.97. The van der Waals surface area contributed by atoms with Crippen LogP contribution in [-0.2, 0) is 0 Å². The van der Waals surface area contributed by atoms with Crippen molar-refractivity contribution in [1.82, 2.24) is 4.98 Å². The van der Waals surface area contributed by atoms with Crippen LogP contribution in [0.1, 0.15) is 24.0 Å². The maximum Gasteiger partial charge on any atom is 0.146 e. The SMILES string of the molecule is C[C@H](c1ccccc1)c1ccnc(N)c1N. The molecule has 3 nitrogen and oxygen atoms in total. The third-order valence-corrected chi connectivity index (χ3v) is 2.82. The second-order valence-electron chi connectivity index (χ2n) is 3.83. The van der Waals surface area contributed by atoms with Crippen LogP contribution in [0.4, 0.5) is 11.5 Å². The highest BCUT2D eigenvalue weighted by Crippen LogP contribution is 2.30. The number of hydrogen-bond acceptors (Lipinski definition) is 3. The Morgan fingerprint density at radius 2 is 1.75 bits per heavy atom. The molecule has 0 aliphatic heterocycles. The smallest absolute Gasteiger partial charge is 0.146 e. The van der Waals surface area contributed by atoms with Crippen molar-refractivity contribution in [3.63, 3.8) is 0 Å². The van der Waals surface area contributed by atoms with Crippen molar-refractivity contribution in [1.29, 1.82) is 0 Å². The highest BCUT2D eigenvalue weighted by Gasteiger charge is 2.12. The van der Waals surface area contributed by atoms with Crippen molar-refractivity contribution in [2.45, 2.75) is 12.8 Å². The van der Waals surface area contributed by atoms with Crippen LogP contribution in [0.5, 0.6) is 0 Å². The zero-order valence-electron chi connectivity index (χ0n) is 9.22. The van der Waals surface area contributed by atoms with Gasteiger partial charge in [-0.05, 0) is 17.2 Å². The van der Waals surface area contributed by atoms with Gasteiger partial charge in [0.1, 0.15) is 5.82 Å². The molecule has 0 spiro atoms. The fourth-order valence-corrected chi connectivity index (χ4v) is 1.80. The van der Waals surface area contributed by atoms with Gasteiger partial charge in [-0.15, -0.1) is 0 Å². The summed E-state index contributed by atoms with van der Waals surface area (Å²) < 4.78 is 0. The minimum Gasteiger partial charge on any atom is -0.396 e. The van der Waals surface area contributed by atoms with Gasteiger partial charge < -0.3 is 11.5 Å². The van der Waals surface area contributed by atoms with Crippen LogP contribution in [0.3, 0.4) is 0 Å². The van der Waals surface area contributed by atoms with E-state index in [9.17, 15) is 0 Å². The number of aromatic nitrogens is 1. The molecule has 2 rings (SSSR count). The molecular weight excluding hydrogens is 198 g/mol. The molecule has 0 aliphatic rings. The summed E-state index contributed by atoms with van der Waals surface area (Å²) in [7, 11) is 0.